The molecular formula is C9H14O4. The maximum atomic E-state index is 11.1. The highest BCUT2D eigenvalue weighted by Gasteiger charge is 2.45. The van der Waals surface area contributed by atoms with Crippen molar-refractivity contribution in [3.8, 4) is 0 Å². The Balaban J connectivity index is 2.02. The lowest BCUT2D eigenvalue weighted by Gasteiger charge is -2.32. The fourth-order valence-electron chi connectivity index (χ4n) is 1.89. The molecule has 0 bridgehead atoms. The molecule has 1 N–H and O–H groups in total. The first-order valence-electron chi connectivity index (χ1n) is 4.66. The summed E-state index contributed by atoms with van der Waals surface area (Å²) in [5, 5.41) is 9.13. The largest absolute Gasteiger partial charge is 0.481 e. The van der Waals surface area contributed by atoms with Gasteiger partial charge in [-0.1, -0.05) is 0 Å². The van der Waals surface area contributed by atoms with Crippen molar-refractivity contribution in [1.29, 1.82) is 0 Å². The minimum atomic E-state index is -0.734. The molecule has 0 aliphatic carbocycles. The molecule has 2 rings (SSSR count). The van der Waals surface area contributed by atoms with Crippen LogP contribution in [-0.4, -0.2) is 37.0 Å². The van der Waals surface area contributed by atoms with E-state index in [0.29, 0.717) is 19.6 Å². The number of hydrogen-bond acceptors (Lipinski definition) is 3. The van der Waals surface area contributed by atoms with Crippen molar-refractivity contribution in [2.75, 3.05) is 19.8 Å². The van der Waals surface area contributed by atoms with E-state index >= 15 is 0 Å². The summed E-state index contributed by atoms with van der Waals surface area (Å²) in [6.07, 6.45) is 2.35. The van der Waals surface area contributed by atoms with Crippen LogP contribution in [0.15, 0.2) is 0 Å². The maximum absolute atomic E-state index is 11.1. The number of aliphatic carboxylic acids is 1. The van der Waals surface area contributed by atoms with Crippen LogP contribution in [0.25, 0.3) is 0 Å². The normalized spacial score (nSPS) is 38.6. The average Bonchev–Trinajstić information content (AvgIpc) is 2.90. The second-order valence-electron chi connectivity index (χ2n) is 3.90. The highest BCUT2D eigenvalue weighted by Crippen LogP contribution is 2.37. The summed E-state index contributed by atoms with van der Waals surface area (Å²) >= 11 is 0. The third-order valence-electron chi connectivity index (χ3n) is 2.80. The molecule has 74 valence electrons. The zero-order valence-corrected chi connectivity index (χ0v) is 7.49. The molecule has 0 radical (unpaired) electrons. The molecule has 4 nitrogen and oxygen atoms in total. The van der Waals surface area contributed by atoms with E-state index in [0.717, 1.165) is 19.4 Å². The highest BCUT2D eigenvalue weighted by atomic mass is 16.6. The smallest absolute Gasteiger partial charge is 0.312 e. The quantitative estimate of drug-likeness (QED) is 0.658. The highest BCUT2D eigenvalue weighted by molar-refractivity contribution is 5.75. The Labute approximate surface area is 76.8 Å². The minimum Gasteiger partial charge on any atom is -0.481 e. The number of epoxide rings is 1. The first-order valence-corrected chi connectivity index (χ1v) is 4.66. The zero-order chi connectivity index (χ0) is 9.31. The SMILES string of the molecule is O=C(O)[C@]1(C[C@@H]2CO2)CCCOC1. The molecule has 2 aliphatic rings. The van der Waals surface area contributed by atoms with Gasteiger partial charge in [0.25, 0.3) is 0 Å². The van der Waals surface area contributed by atoms with Crippen molar-refractivity contribution < 1.29 is 19.4 Å². The maximum Gasteiger partial charge on any atom is 0.312 e. The summed E-state index contributed by atoms with van der Waals surface area (Å²) in [4.78, 5) is 11.1. The molecule has 13 heavy (non-hydrogen) atoms. The predicted molar refractivity (Wildman–Crippen MR) is 44.5 cm³/mol. The molecule has 2 saturated heterocycles. The van der Waals surface area contributed by atoms with Gasteiger partial charge in [0.2, 0.25) is 0 Å². The Morgan fingerprint density at radius 3 is 2.85 bits per heavy atom. The first kappa shape index (κ1) is 8.97. The van der Waals surface area contributed by atoms with Crippen molar-refractivity contribution in [2.45, 2.75) is 25.4 Å². The van der Waals surface area contributed by atoms with E-state index < -0.39 is 11.4 Å². The summed E-state index contributed by atoms with van der Waals surface area (Å²) in [6, 6.07) is 0. The lowest BCUT2D eigenvalue weighted by atomic mass is 9.78. The first-order chi connectivity index (χ1) is 6.23. The topological polar surface area (TPSA) is 59.1 Å². The molecule has 2 atom stereocenters. The molecule has 4 heteroatoms. The average molecular weight is 186 g/mol. The third kappa shape index (κ3) is 1.84. The molecule has 0 aromatic carbocycles. The van der Waals surface area contributed by atoms with Crippen molar-refractivity contribution in [3.05, 3.63) is 0 Å². The van der Waals surface area contributed by atoms with Gasteiger partial charge in [-0.25, -0.2) is 0 Å². The number of carboxylic acid groups (broad SMARTS) is 1. The van der Waals surface area contributed by atoms with Crippen LogP contribution in [0, 0.1) is 5.41 Å². The van der Waals surface area contributed by atoms with E-state index in [4.69, 9.17) is 14.6 Å². The molecule has 0 saturated carbocycles. The van der Waals surface area contributed by atoms with Crippen LogP contribution in [0.2, 0.25) is 0 Å². The van der Waals surface area contributed by atoms with Crippen molar-refractivity contribution in [3.63, 3.8) is 0 Å². The van der Waals surface area contributed by atoms with Gasteiger partial charge in [0.05, 0.1) is 24.7 Å². The van der Waals surface area contributed by atoms with Gasteiger partial charge in [-0.2, -0.15) is 0 Å². The molecular weight excluding hydrogens is 172 g/mol. The summed E-state index contributed by atoms with van der Waals surface area (Å²) in [6.45, 7) is 1.76. The van der Waals surface area contributed by atoms with E-state index in [-0.39, 0.29) is 6.10 Å². The summed E-state index contributed by atoms with van der Waals surface area (Å²) < 4.78 is 10.3. The van der Waals surface area contributed by atoms with Crippen molar-refractivity contribution >= 4 is 5.97 Å². The van der Waals surface area contributed by atoms with Crippen LogP contribution in [0.4, 0.5) is 0 Å². The molecule has 0 unspecified atom stereocenters. The van der Waals surface area contributed by atoms with Crippen molar-refractivity contribution in [1.82, 2.24) is 0 Å². The molecule has 0 spiro atoms. The van der Waals surface area contributed by atoms with E-state index in [1.165, 1.54) is 0 Å². The van der Waals surface area contributed by atoms with Gasteiger partial charge in [0, 0.05) is 6.61 Å². The third-order valence-corrected chi connectivity index (χ3v) is 2.80. The molecule has 0 aromatic heterocycles. The van der Waals surface area contributed by atoms with E-state index in [2.05, 4.69) is 0 Å². The number of carbonyl (C=O) groups is 1. The van der Waals surface area contributed by atoms with Crippen molar-refractivity contribution in [2.24, 2.45) is 5.41 Å². The lowest BCUT2D eigenvalue weighted by Crippen LogP contribution is -2.40. The molecule has 0 aromatic rings. The van der Waals surface area contributed by atoms with E-state index in [9.17, 15) is 4.79 Å². The molecule has 2 fully saturated rings. The fourth-order valence-corrected chi connectivity index (χ4v) is 1.89. The fraction of sp³-hybridized carbons (Fsp3) is 0.889. The Morgan fingerprint density at radius 2 is 2.38 bits per heavy atom. The number of carboxylic acids is 1. The van der Waals surface area contributed by atoms with Gasteiger partial charge in [0.15, 0.2) is 0 Å². The molecule has 2 aliphatic heterocycles. The zero-order valence-electron chi connectivity index (χ0n) is 7.49. The number of ether oxygens (including phenoxy) is 2. The van der Waals surface area contributed by atoms with Gasteiger partial charge in [-0.05, 0) is 19.3 Å². The van der Waals surface area contributed by atoms with E-state index in [1.807, 2.05) is 0 Å². The number of rotatable bonds is 3. The van der Waals surface area contributed by atoms with Gasteiger partial charge >= 0.3 is 5.97 Å². The molecule has 2 heterocycles. The standard InChI is InChI=1S/C9H14O4/c10-8(11)9(4-7-5-13-7)2-1-3-12-6-9/h7H,1-6H2,(H,10,11)/t7-,9+/m1/s1. The predicted octanol–water partition coefficient (Wildman–Crippen LogP) is 0.657. The monoisotopic (exact) mass is 186 g/mol. The van der Waals surface area contributed by atoms with Crippen LogP contribution in [0.3, 0.4) is 0 Å². The molecule has 0 amide bonds. The van der Waals surface area contributed by atoms with Crippen LogP contribution in [0.5, 0.6) is 0 Å². The van der Waals surface area contributed by atoms with Gasteiger partial charge in [-0.3, -0.25) is 4.79 Å². The Bertz CT molecular complexity index is 204. The lowest BCUT2D eigenvalue weighted by molar-refractivity contribution is -0.158. The van der Waals surface area contributed by atoms with Gasteiger partial charge in [-0.15, -0.1) is 0 Å². The summed E-state index contributed by atoms with van der Waals surface area (Å²) in [5.74, 6) is -0.734. The van der Waals surface area contributed by atoms with Crippen LogP contribution in [-0.2, 0) is 14.3 Å². The van der Waals surface area contributed by atoms with Crippen LogP contribution in [0.1, 0.15) is 19.3 Å². The van der Waals surface area contributed by atoms with Crippen LogP contribution < -0.4 is 0 Å². The van der Waals surface area contributed by atoms with Crippen LogP contribution >= 0.6 is 0 Å². The number of hydrogen-bond donors (Lipinski definition) is 1. The van der Waals surface area contributed by atoms with E-state index in [1.54, 1.807) is 0 Å². The summed E-state index contributed by atoms with van der Waals surface area (Å²) in [5.41, 5.74) is -0.667. The van der Waals surface area contributed by atoms with Gasteiger partial charge in [0.1, 0.15) is 0 Å². The second kappa shape index (κ2) is 3.27. The van der Waals surface area contributed by atoms with Gasteiger partial charge < -0.3 is 14.6 Å². The second-order valence-corrected chi connectivity index (χ2v) is 3.90. The summed E-state index contributed by atoms with van der Waals surface area (Å²) in [7, 11) is 0. The minimum absolute atomic E-state index is 0.165. The Hall–Kier alpha value is -0.610. The Morgan fingerprint density at radius 1 is 1.62 bits per heavy atom. The Kier molecular flexibility index (Phi) is 2.26.